The van der Waals surface area contributed by atoms with Gasteiger partial charge in [-0.15, -0.1) is 0 Å². The van der Waals surface area contributed by atoms with Gasteiger partial charge in [0.2, 0.25) is 5.91 Å². The van der Waals surface area contributed by atoms with Crippen LogP contribution in [-0.4, -0.2) is 19.0 Å². The van der Waals surface area contributed by atoms with Gasteiger partial charge >= 0.3 is 5.97 Å². The predicted octanol–water partition coefficient (Wildman–Crippen LogP) is 3.97. The maximum atomic E-state index is 15.2. The van der Waals surface area contributed by atoms with Crippen molar-refractivity contribution in [2.45, 2.75) is 32.6 Å². The number of methoxy groups -OCH3 is 1. The zero-order chi connectivity index (χ0) is 19.5. The summed E-state index contributed by atoms with van der Waals surface area (Å²) in [4.78, 5) is 24.2. The molecule has 0 radical (unpaired) electrons. The van der Waals surface area contributed by atoms with E-state index in [1.165, 1.54) is 31.2 Å². The van der Waals surface area contributed by atoms with Crippen LogP contribution in [0.25, 0.3) is 0 Å². The maximum Gasteiger partial charge on any atom is 0.338 e. The number of esters is 1. The number of carbonyl (C=O) groups excluding carboxylic acids is 2. The number of halogens is 2. The molecule has 0 aromatic heterocycles. The molecule has 0 saturated heterocycles. The van der Waals surface area contributed by atoms with Crippen molar-refractivity contribution in [2.24, 2.45) is 5.73 Å². The van der Waals surface area contributed by atoms with Gasteiger partial charge in [-0.05, 0) is 30.5 Å². The normalized spacial score (nSPS) is 11.3. The van der Waals surface area contributed by atoms with Crippen LogP contribution in [0.3, 0.4) is 0 Å². The van der Waals surface area contributed by atoms with Crippen molar-refractivity contribution in [1.29, 1.82) is 0 Å². The molecule has 0 aliphatic carbocycles. The second-order valence-electron chi connectivity index (χ2n) is 6.00. The Morgan fingerprint density at radius 1 is 1.19 bits per heavy atom. The average Bonchev–Trinajstić information content (AvgIpc) is 2.61. The molecule has 2 rings (SSSR count). The van der Waals surface area contributed by atoms with Crippen LogP contribution in [0.2, 0.25) is 0 Å². The Morgan fingerprint density at radius 2 is 1.81 bits per heavy atom. The Labute approximate surface area is 151 Å². The smallest absolute Gasteiger partial charge is 0.338 e. The fraction of sp³-hybridized carbons (Fsp3) is 0.300. The molecule has 26 heavy (non-hydrogen) atoms. The molecule has 2 aromatic carbocycles. The molecule has 6 heteroatoms. The Bertz CT molecular complexity index is 833. The summed E-state index contributed by atoms with van der Waals surface area (Å²) in [5.74, 6) is -5.02. The number of carbonyl (C=O) groups is 2. The lowest BCUT2D eigenvalue weighted by molar-refractivity contribution is 0.0418. The molecule has 0 unspecified atom stereocenters. The van der Waals surface area contributed by atoms with Crippen LogP contribution in [0, 0.1) is 6.92 Å². The molecule has 2 N–H and O–H groups in total. The van der Waals surface area contributed by atoms with E-state index in [1.807, 2.05) is 6.92 Å². The largest absolute Gasteiger partial charge is 0.465 e. The number of benzene rings is 2. The monoisotopic (exact) mass is 361 g/mol. The van der Waals surface area contributed by atoms with E-state index in [0.717, 1.165) is 13.2 Å². The van der Waals surface area contributed by atoms with Gasteiger partial charge < -0.3 is 10.5 Å². The standard InChI is InChI=1S/C20H21F2NO3/c1-4-8-14-15(19(25)26-3)11-16(12(2)17(14)18(23)24)20(21,22)13-9-6-5-7-10-13/h5-7,9-11H,4,8H2,1-3H3,(H2,23,24). The van der Waals surface area contributed by atoms with Crippen LogP contribution in [0.1, 0.15) is 56.3 Å². The molecular formula is C20H21F2NO3. The van der Waals surface area contributed by atoms with Crippen LogP contribution in [0.15, 0.2) is 36.4 Å². The van der Waals surface area contributed by atoms with Crippen molar-refractivity contribution in [3.63, 3.8) is 0 Å². The summed E-state index contributed by atoms with van der Waals surface area (Å²) in [6.07, 6.45) is 0.957. The van der Waals surface area contributed by atoms with E-state index in [0.29, 0.717) is 18.4 Å². The summed E-state index contributed by atoms with van der Waals surface area (Å²) < 4.78 is 35.0. The highest BCUT2D eigenvalue weighted by atomic mass is 19.3. The number of hydrogen-bond acceptors (Lipinski definition) is 3. The Balaban J connectivity index is 2.85. The molecule has 2 aromatic rings. The number of nitrogens with two attached hydrogens (primary N) is 1. The number of hydrogen-bond donors (Lipinski definition) is 1. The van der Waals surface area contributed by atoms with Crippen LogP contribution in [-0.2, 0) is 17.1 Å². The number of alkyl halides is 2. The number of rotatable bonds is 6. The number of ether oxygens (including phenoxy) is 1. The van der Waals surface area contributed by atoms with Gasteiger partial charge in [0.15, 0.2) is 0 Å². The minimum Gasteiger partial charge on any atom is -0.465 e. The summed E-state index contributed by atoms with van der Waals surface area (Å²) in [6, 6.07) is 8.33. The third-order valence-corrected chi connectivity index (χ3v) is 4.32. The highest BCUT2D eigenvalue weighted by Gasteiger charge is 2.38. The SMILES string of the molecule is CCCc1c(C(=O)OC)cc(C(F)(F)c2ccccc2)c(C)c1C(N)=O. The third-order valence-electron chi connectivity index (χ3n) is 4.32. The molecule has 0 aliphatic rings. The van der Waals surface area contributed by atoms with Crippen LogP contribution in [0.5, 0.6) is 0 Å². The first-order chi connectivity index (χ1) is 12.3. The van der Waals surface area contributed by atoms with E-state index in [9.17, 15) is 9.59 Å². The summed E-state index contributed by atoms with van der Waals surface area (Å²) >= 11 is 0. The van der Waals surface area contributed by atoms with Crippen molar-refractivity contribution < 1.29 is 23.1 Å². The van der Waals surface area contributed by atoms with E-state index < -0.39 is 23.4 Å². The van der Waals surface area contributed by atoms with Crippen LogP contribution >= 0.6 is 0 Å². The average molecular weight is 361 g/mol. The second-order valence-corrected chi connectivity index (χ2v) is 6.00. The highest BCUT2D eigenvalue weighted by molar-refractivity contribution is 6.01. The summed E-state index contributed by atoms with van der Waals surface area (Å²) in [7, 11) is 1.16. The molecule has 138 valence electrons. The van der Waals surface area contributed by atoms with E-state index in [2.05, 4.69) is 0 Å². The summed E-state index contributed by atoms with van der Waals surface area (Å²) in [5, 5.41) is 0. The minimum atomic E-state index is -3.40. The third kappa shape index (κ3) is 3.45. The molecule has 0 fully saturated rings. The predicted molar refractivity (Wildman–Crippen MR) is 94.5 cm³/mol. The van der Waals surface area contributed by atoms with E-state index in [4.69, 9.17) is 10.5 Å². The summed E-state index contributed by atoms with van der Waals surface area (Å²) in [6.45, 7) is 3.28. The van der Waals surface area contributed by atoms with Gasteiger partial charge in [-0.1, -0.05) is 43.7 Å². The van der Waals surface area contributed by atoms with Gasteiger partial charge in [0, 0.05) is 16.7 Å². The topological polar surface area (TPSA) is 69.4 Å². The lowest BCUT2D eigenvalue weighted by Crippen LogP contribution is -2.25. The van der Waals surface area contributed by atoms with Crippen molar-refractivity contribution in [2.75, 3.05) is 7.11 Å². The van der Waals surface area contributed by atoms with Gasteiger partial charge in [0.25, 0.3) is 5.92 Å². The quantitative estimate of drug-likeness (QED) is 0.792. The maximum absolute atomic E-state index is 15.2. The lowest BCUT2D eigenvalue weighted by atomic mass is 9.85. The minimum absolute atomic E-state index is 0.0413. The van der Waals surface area contributed by atoms with Crippen LogP contribution < -0.4 is 5.73 Å². The van der Waals surface area contributed by atoms with Gasteiger partial charge in [-0.25, -0.2) is 4.79 Å². The molecule has 0 heterocycles. The first-order valence-electron chi connectivity index (χ1n) is 8.24. The molecule has 0 aliphatic heterocycles. The Morgan fingerprint density at radius 3 is 2.31 bits per heavy atom. The van der Waals surface area contributed by atoms with Gasteiger partial charge in [0.05, 0.1) is 12.7 Å². The number of amides is 1. The van der Waals surface area contributed by atoms with Gasteiger partial charge in [-0.3, -0.25) is 4.79 Å². The van der Waals surface area contributed by atoms with E-state index >= 15 is 8.78 Å². The Kier molecular flexibility index (Phi) is 5.75. The van der Waals surface area contributed by atoms with Gasteiger partial charge in [-0.2, -0.15) is 8.78 Å². The zero-order valence-electron chi connectivity index (χ0n) is 14.9. The zero-order valence-corrected chi connectivity index (χ0v) is 14.9. The molecule has 0 atom stereocenters. The second kappa shape index (κ2) is 7.64. The first kappa shape index (κ1) is 19.6. The molecule has 4 nitrogen and oxygen atoms in total. The highest BCUT2D eigenvalue weighted by Crippen LogP contribution is 2.40. The fourth-order valence-corrected chi connectivity index (χ4v) is 3.10. The first-order valence-corrected chi connectivity index (χ1v) is 8.24. The van der Waals surface area contributed by atoms with E-state index in [1.54, 1.807) is 6.07 Å². The molecule has 0 spiro atoms. The lowest BCUT2D eigenvalue weighted by Gasteiger charge is -2.24. The van der Waals surface area contributed by atoms with Gasteiger partial charge in [0.1, 0.15) is 0 Å². The number of primary amides is 1. The van der Waals surface area contributed by atoms with Crippen molar-refractivity contribution >= 4 is 11.9 Å². The molecule has 1 amide bonds. The molecular weight excluding hydrogens is 340 g/mol. The van der Waals surface area contributed by atoms with Crippen LogP contribution in [0.4, 0.5) is 8.78 Å². The van der Waals surface area contributed by atoms with Crippen molar-refractivity contribution in [3.05, 3.63) is 69.8 Å². The van der Waals surface area contributed by atoms with Crippen molar-refractivity contribution in [3.8, 4) is 0 Å². The van der Waals surface area contributed by atoms with E-state index in [-0.39, 0.29) is 22.3 Å². The fourth-order valence-electron chi connectivity index (χ4n) is 3.10. The summed E-state index contributed by atoms with van der Waals surface area (Å²) in [5.41, 5.74) is 5.12. The Hall–Kier alpha value is -2.76. The molecule has 0 bridgehead atoms. The van der Waals surface area contributed by atoms with Crippen molar-refractivity contribution in [1.82, 2.24) is 0 Å². The molecule has 0 saturated carbocycles.